The van der Waals surface area contributed by atoms with Gasteiger partial charge in [-0.25, -0.2) is 0 Å². The van der Waals surface area contributed by atoms with Gasteiger partial charge in [-0.15, -0.1) is 0 Å². The van der Waals surface area contributed by atoms with Gasteiger partial charge < -0.3 is 15.1 Å². The Morgan fingerprint density at radius 3 is 2.45 bits per heavy atom. The summed E-state index contributed by atoms with van der Waals surface area (Å²) in [7, 11) is 6.18. The van der Waals surface area contributed by atoms with Gasteiger partial charge in [0.1, 0.15) is 0 Å². The highest BCUT2D eigenvalue weighted by Gasteiger charge is 2.16. The number of halogens is 1. The van der Waals surface area contributed by atoms with Crippen molar-refractivity contribution in [2.75, 3.05) is 45.7 Å². The molecule has 1 aromatic carbocycles. The molecular weight excluding hydrogens is 270 g/mol. The second kappa shape index (κ2) is 8.50. The predicted octanol–water partition coefficient (Wildman–Crippen LogP) is 3.08. The lowest BCUT2D eigenvalue weighted by Crippen LogP contribution is -2.35. The standard InChI is InChI=1S/C16H28ClN3/c1-13(2)12-20(10-9-19(4)5)16-14(11-18-3)7-6-8-15(16)17/h6-8,13,18H,9-12H2,1-5H3. The third-order valence-corrected chi connectivity index (χ3v) is 3.46. The average molecular weight is 298 g/mol. The number of nitrogens with one attached hydrogen (secondary N) is 1. The van der Waals surface area contributed by atoms with Crippen molar-refractivity contribution < 1.29 is 0 Å². The summed E-state index contributed by atoms with van der Waals surface area (Å²) < 4.78 is 0. The number of benzene rings is 1. The lowest BCUT2D eigenvalue weighted by molar-refractivity contribution is 0.409. The maximum Gasteiger partial charge on any atom is 0.0642 e. The van der Waals surface area contributed by atoms with Gasteiger partial charge in [-0.1, -0.05) is 37.6 Å². The van der Waals surface area contributed by atoms with Crippen LogP contribution in [0.2, 0.25) is 5.02 Å². The molecule has 20 heavy (non-hydrogen) atoms. The second-order valence-corrected chi connectivity index (χ2v) is 6.33. The number of hydrogen-bond acceptors (Lipinski definition) is 3. The van der Waals surface area contributed by atoms with Crippen LogP contribution in [0.3, 0.4) is 0 Å². The molecule has 1 rings (SSSR count). The van der Waals surface area contributed by atoms with Crippen LogP contribution in [-0.2, 0) is 6.54 Å². The van der Waals surface area contributed by atoms with E-state index in [2.05, 4.69) is 49.1 Å². The summed E-state index contributed by atoms with van der Waals surface area (Å²) in [5.74, 6) is 0.607. The largest absolute Gasteiger partial charge is 0.369 e. The molecule has 0 aliphatic heterocycles. The van der Waals surface area contributed by atoms with E-state index in [1.165, 1.54) is 11.3 Å². The molecule has 0 aromatic heterocycles. The minimum absolute atomic E-state index is 0.607. The van der Waals surface area contributed by atoms with E-state index in [1.807, 2.05) is 19.2 Å². The third kappa shape index (κ3) is 5.31. The minimum Gasteiger partial charge on any atom is -0.369 e. The maximum atomic E-state index is 6.48. The smallest absolute Gasteiger partial charge is 0.0642 e. The van der Waals surface area contributed by atoms with Crippen LogP contribution in [0, 0.1) is 5.92 Å². The van der Waals surface area contributed by atoms with E-state index in [9.17, 15) is 0 Å². The molecule has 0 amide bonds. The van der Waals surface area contributed by atoms with Crippen molar-refractivity contribution >= 4 is 17.3 Å². The summed E-state index contributed by atoms with van der Waals surface area (Å²) in [6, 6.07) is 6.16. The molecule has 1 aromatic rings. The number of nitrogens with zero attached hydrogens (tertiary/aromatic N) is 2. The van der Waals surface area contributed by atoms with E-state index >= 15 is 0 Å². The van der Waals surface area contributed by atoms with Crippen LogP contribution in [0.5, 0.6) is 0 Å². The Bertz CT molecular complexity index is 405. The van der Waals surface area contributed by atoms with Gasteiger partial charge in [-0.3, -0.25) is 0 Å². The number of anilines is 1. The Hall–Kier alpha value is -0.770. The van der Waals surface area contributed by atoms with Crippen LogP contribution in [-0.4, -0.2) is 45.7 Å². The van der Waals surface area contributed by atoms with Crippen LogP contribution in [0.25, 0.3) is 0 Å². The Kier molecular flexibility index (Phi) is 7.35. The van der Waals surface area contributed by atoms with Crippen LogP contribution in [0.1, 0.15) is 19.4 Å². The molecular formula is C16H28ClN3. The molecule has 4 heteroatoms. The molecule has 0 heterocycles. The molecule has 0 bridgehead atoms. The second-order valence-electron chi connectivity index (χ2n) is 5.92. The Morgan fingerprint density at radius 1 is 1.20 bits per heavy atom. The van der Waals surface area contributed by atoms with Gasteiger partial charge in [-0.05, 0) is 38.7 Å². The van der Waals surface area contributed by atoms with Gasteiger partial charge in [0, 0.05) is 26.2 Å². The first-order chi connectivity index (χ1) is 9.45. The molecule has 0 atom stereocenters. The van der Waals surface area contributed by atoms with Gasteiger partial charge in [0.05, 0.1) is 10.7 Å². The van der Waals surface area contributed by atoms with Crippen molar-refractivity contribution in [3.63, 3.8) is 0 Å². The zero-order valence-electron chi connectivity index (χ0n) is 13.4. The predicted molar refractivity (Wildman–Crippen MR) is 89.8 cm³/mol. The van der Waals surface area contributed by atoms with Gasteiger partial charge in [-0.2, -0.15) is 0 Å². The molecule has 0 spiro atoms. The molecule has 0 radical (unpaired) electrons. The van der Waals surface area contributed by atoms with E-state index in [0.29, 0.717) is 5.92 Å². The highest BCUT2D eigenvalue weighted by Crippen LogP contribution is 2.30. The van der Waals surface area contributed by atoms with Gasteiger partial charge >= 0.3 is 0 Å². The Balaban J connectivity index is 3.04. The van der Waals surface area contributed by atoms with E-state index in [0.717, 1.165) is 31.2 Å². The molecule has 114 valence electrons. The monoisotopic (exact) mass is 297 g/mol. The van der Waals surface area contributed by atoms with E-state index in [-0.39, 0.29) is 0 Å². The first kappa shape index (κ1) is 17.3. The number of rotatable bonds is 8. The van der Waals surface area contributed by atoms with Crippen LogP contribution in [0.4, 0.5) is 5.69 Å². The van der Waals surface area contributed by atoms with Crippen molar-refractivity contribution in [3.05, 3.63) is 28.8 Å². The lowest BCUT2D eigenvalue weighted by Gasteiger charge is -2.31. The summed E-state index contributed by atoms with van der Waals surface area (Å²) >= 11 is 6.48. The van der Waals surface area contributed by atoms with Gasteiger partial charge in [0.15, 0.2) is 0 Å². The normalized spacial score (nSPS) is 11.4. The minimum atomic E-state index is 0.607. The van der Waals surface area contributed by atoms with Crippen molar-refractivity contribution in [2.45, 2.75) is 20.4 Å². The third-order valence-electron chi connectivity index (χ3n) is 3.16. The molecule has 0 saturated heterocycles. The molecule has 0 aliphatic carbocycles. The highest BCUT2D eigenvalue weighted by atomic mass is 35.5. The first-order valence-electron chi connectivity index (χ1n) is 7.27. The maximum absolute atomic E-state index is 6.48. The van der Waals surface area contributed by atoms with E-state index in [4.69, 9.17) is 11.6 Å². The molecule has 1 N–H and O–H groups in total. The quantitative estimate of drug-likeness (QED) is 0.795. The molecule has 0 aliphatic rings. The van der Waals surface area contributed by atoms with Gasteiger partial charge in [0.25, 0.3) is 0 Å². The first-order valence-corrected chi connectivity index (χ1v) is 7.65. The van der Waals surface area contributed by atoms with Crippen molar-refractivity contribution in [2.24, 2.45) is 5.92 Å². The summed E-state index contributed by atoms with van der Waals surface area (Å²) in [6.07, 6.45) is 0. The highest BCUT2D eigenvalue weighted by molar-refractivity contribution is 6.33. The van der Waals surface area contributed by atoms with Gasteiger partial charge in [0.2, 0.25) is 0 Å². The fourth-order valence-electron chi connectivity index (χ4n) is 2.30. The topological polar surface area (TPSA) is 18.5 Å². The van der Waals surface area contributed by atoms with E-state index in [1.54, 1.807) is 0 Å². The lowest BCUT2D eigenvalue weighted by atomic mass is 10.1. The number of hydrogen-bond donors (Lipinski definition) is 1. The number of likely N-dealkylation sites (N-methyl/N-ethyl adjacent to an activating group) is 1. The summed E-state index contributed by atoms with van der Waals surface area (Å²) in [5.41, 5.74) is 2.44. The van der Waals surface area contributed by atoms with Crippen molar-refractivity contribution in [1.29, 1.82) is 0 Å². The zero-order chi connectivity index (χ0) is 15.1. The van der Waals surface area contributed by atoms with Crippen LogP contribution >= 0.6 is 11.6 Å². The summed E-state index contributed by atoms with van der Waals surface area (Å²) in [4.78, 5) is 4.63. The fourth-order valence-corrected chi connectivity index (χ4v) is 2.62. The molecule has 0 fully saturated rings. The average Bonchev–Trinajstić information content (AvgIpc) is 2.35. The zero-order valence-corrected chi connectivity index (χ0v) is 14.2. The molecule has 3 nitrogen and oxygen atoms in total. The van der Waals surface area contributed by atoms with Crippen molar-refractivity contribution in [1.82, 2.24) is 10.2 Å². The summed E-state index contributed by atoms with van der Waals surface area (Å²) in [5, 5.41) is 4.07. The van der Waals surface area contributed by atoms with E-state index < -0.39 is 0 Å². The SMILES string of the molecule is CNCc1cccc(Cl)c1N(CCN(C)C)CC(C)C. The summed E-state index contributed by atoms with van der Waals surface area (Å²) in [6.45, 7) is 8.37. The number of para-hydroxylation sites is 1. The van der Waals surface area contributed by atoms with Crippen molar-refractivity contribution in [3.8, 4) is 0 Å². The van der Waals surface area contributed by atoms with Crippen LogP contribution in [0.15, 0.2) is 18.2 Å². The van der Waals surface area contributed by atoms with Crippen LogP contribution < -0.4 is 10.2 Å². The molecule has 0 saturated carbocycles. The Morgan fingerprint density at radius 2 is 1.90 bits per heavy atom. The Labute approximate surface area is 128 Å². The fraction of sp³-hybridized carbons (Fsp3) is 0.625. The molecule has 0 unspecified atom stereocenters.